The number of nitrogens with zero attached hydrogens (tertiary/aromatic N) is 2. The molecule has 0 saturated heterocycles. The summed E-state index contributed by atoms with van der Waals surface area (Å²) in [6.07, 6.45) is 7.42. The van der Waals surface area contributed by atoms with Crippen LogP contribution in [0.3, 0.4) is 0 Å². The fourth-order valence-corrected chi connectivity index (χ4v) is 3.79. The van der Waals surface area contributed by atoms with Crippen LogP contribution >= 0.6 is 11.6 Å². The van der Waals surface area contributed by atoms with Gasteiger partial charge in [0.15, 0.2) is 0 Å². The number of benzene rings is 2. The van der Waals surface area contributed by atoms with Crippen molar-refractivity contribution in [2.75, 3.05) is 37.9 Å². The number of carbonyl (C=O) groups excluding carboxylic acids is 2. The highest BCUT2D eigenvalue weighted by Crippen LogP contribution is 2.23. The molecule has 2 aromatic carbocycles. The van der Waals surface area contributed by atoms with E-state index < -0.39 is 5.91 Å². The van der Waals surface area contributed by atoms with E-state index in [1.165, 1.54) is 12.1 Å². The van der Waals surface area contributed by atoms with Crippen molar-refractivity contribution < 1.29 is 14.3 Å². The lowest BCUT2D eigenvalue weighted by atomic mass is 10.1. The van der Waals surface area contributed by atoms with Gasteiger partial charge in [-0.15, -0.1) is 0 Å². The quantitative estimate of drug-likeness (QED) is 0.192. The van der Waals surface area contributed by atoms with Gasteiger partial charge in [0.2, 0.25) is 5.91 Å². The number of ether oxygens (including phenoxy) is 1. The maximum Gasteiger partial charge on any atom is 0.257 e. The molecule has 190 valence electrons. The third-order valence-corrected chi connectivity index (χ3v) is 5.79. The zero-order valence-electron chi connectivity index (χ0n) is 20.6. The maximum absolute atomic E-state index is 12.8. The number of pyridine rings is 1. The van der Waals surface area contributed by atoms with E-state index in [2.05, 4.69) is 25.5 Å². The Labute approximate surface area is 220 Å². The molecule has 2 heterocycles. The molecule has 37 heavy (non-hydrogen) atoms. The van der Waals surface area contributed by atoms with Gasteiger partial charge in [-0.2, -0.15) is 0 Å². The molecule has 0 aliphatic heterocycles. The number of fused-ring (bicyclic) bond motifs is 1. The van der Waals surface area contributed by atoms with Crippen LogP contribution in [0.1, 0.15) is 22.3 Å². The smallest absolute Gasteiger partial charge is 0.257 e. The molecular formula is C28H28ClN5O3. The molecule has 0 atom stereocenters. The summed E-state index contributed by atoms with van der Waals surface area (Å²) in [5.41, 5.74) is 2.81. The number of aromatic amines is 1. The molecule has 0 spiro atoms. The lowest BCUT2D eigenvalue weighted by Crippen LogP contribution is -2.15. The summed E-state index contributed by atoms with van der Waals surface area (Å²) in [5, 5.41) is 6.70. The Morgan fingerprint density at radius 3 is 2.65 bits per heavy atom. The molecule has 0 aliphatic rings. The second kappa shape index (κ2) is 12.2. The van der Waals surface area contributed by atoms with Crippen LogP contribution in [0.15, 0.2) is 73.1 Å². The predicted molar refractivity (Wildman–Crippen MR) is 148 cm³/mol. The number of hydrogen-bond donors (Lipinski definition) is 3. The summed E-state index contributed by atoms with van der Waals surface area (Å²) < 4.78 is 5.73. The third kappa shape index (κ3) is 7.42. The molecule has 2 aromatic heterocycles. The van der Waals surface area contributed by atoms with Gasteiger partial charge in [0, 0.05) is 29.9 Å². The highest BCUT2D eigenvalue weighted by Gasteiger charge is 2.13. The molecule has 4 rings (SSSR count). The van der Waals surface area contributed by atoms with Crippen LogP contribution in [0.2, 0.25) is 5.02 Å². The SMILES string of the molecule is CN(C)CCCOc1ccc(/C=C/C(=O)Nc2ccc(Cl)c(C(=O)Nc3cnc4[nH]ccc4c3)c2)cc1. The van der Waals surface area contributed by atoms with Crippen molar-refractivity contribution in [2.45, 2.75) is 6.42 Å². The van der Waals surface area contributed by atoms with Crippen LogP contribution in [0, 0.1) is 0 Å². The normalized spacial score (nSPS) is 11.2. The standard InChI is InChI=1S/C28H28ClN5O3/c1-34(2)14-3-15-37-23-8-4-19(5-9-23)6-11-26(35)32-21-7-10-25(29)24(17-21)28(36)33-22-16-20-12-13-30-27(20)31-18-22/h4-13,16-18H,3,14-15H2,1-2H3,(H,30,31)(H,32,35)(H,33,36)/b11-6+. The number of amides is 2. The minimum atomic E-state index is -0.405. The van der Waals surface area contributed by atoms with E-state index in [9.17, 15) is 9.59 Å². The Bertz CT molecular complexity index is 1410. The van der Waals surface area contributed by atoms with Crippen molar-refractivity contribution in [3.05, 3.63) is 89.2 Å². The first-order chi connectivity index (χ1) is 17.9. The first-order valence-electron chi connectivity index (χ1n) is 11.8. The van der Waals surface area contributed by atoms with E-state index in [4.69, 9.17) is 16.3 Å². The molecule has 0 fully saturated rings. The monoisotopic (exact) mass is 517 g/mol. The minimum Gasteiger partial charge on any atom is -0.494 e. The van der Waals surface area contributed by atoms with Gasteiger partial charge < -0.3 is 25.3 Å². The summed E-state index contributed by atoms with van der Waals surface area (Å²) in [4.78, 5) is 34.7. The van der Waals surface area contributed by atoms with Crippen LogP contribution in [-0.4, -0.2) is 53.9 Å². The summed E-state index contributed by atoms with van der Waals surface area (Å²) in [6.45, 7) is 1.62. The highest BCUT2D eigenvalue weighted by molar-refractivity contribution is 6.34. The summed E-state index contributed by atoms with van der Waals surface area (Å²) in [5.74, 6) is 0.0493. The zero-order valence-corrected chi connectivity index (χ0v) is 21.4. The van der Waals surface area contributed by atoms with Crippen LogP contribution < -0.4 is 15.4 Å². The largest absolute Gasteiger partial charge is 0.494 e. The van der Waals surface area contributed by atoms with E-state index in [-0.39, 0.29) is 16.5 Å². The van der Waals surface area contributed by atoms with Gasteiger partial charge in [0.25, 0.3) is 5.91 Å². The number of anilines is 2. The van der Waals surface area contributed by atoms with Crippen LogP contribution in [0.4, 0.5) is 11.4 Å². The fraction of sp³-hybridized carbons (Fsp3) is 0.179. The Morgan fingerprint density at radius 2 is 1.86 bits per heavy atom. The van der Waals surface area contributed by atoms with Crippen molar-refractivity contribution in [1.29, 1.82) is 0 Å². The van der Waals surface area contributed by atoms with Crippen LogP contribution in [-0.2, 0) is 4.79 Å². The summed E-state index contributed by atoms with van der Waals surface area (Å²) in [6, 6.07) is 15.9. The third-order valence-electron chi connectivity index (χ3n) is 5.46. The lowest BCUT2D eigenvalue weighted by molar-refractivity contribution is -0.111. The van der Waals surface area contributed by atoms with Crippen molar-refractivity contribution >= 4 is 51.9 Å². The molecule has 0 radical (unpaired) electrons. The number of H-pyrrole nitrogens is 1. The van der Waals surface area contributed by atoms with E-state index in [0.717, 1.165) is 35.3 Å². The van der Waals surface area contributed by atoms with Gasteiger partial charge >= 0.3 is 0 Å². The predicted octanol–water partition coefficient (Wildman–Crippen LogP) is 5.45. The van der Waals surface area contributed by atoms with E-state index in [0.29, 0.717) is 18.0 Å². The number of aromatic nitrogens is 2. The van der Waals surface area contributed by atoms with Crippen molar-refractivity contribution in [3.63, 3.8) is 0 Å². The molecule has 0 unspecified atom stereocenters. The highest BCUT2D eigenvalue weighted by atomic mass is 35.5. The van der Waals surface area contributed by atoms with Gasteiger partial charge in [-0.05, 0) is 74.6 Å². The molecule has 9 heteroatoms. The fourth-order valence-electron chi connectivity index (χ4n) is 3.59. The molecular weight excluding hydrogens is 490 g/mol. The van der Waals surface area contributed by atoms with E-state index >= 15 is 0 Å². The van der Waals surface area contributed by atoms with E-state index in [1.54, 1.807) is 30.6 Å². The number of hydrogen-bond acceptors (Lipinski definition) is 5. The molecule has 2 amide bonds. The number of rotatable bonds is 10. The average Bonchev–Trinajstić information content (AvgIpc) is 3.35. The van der Waals surface area contributed by atoms with Crippen LogP contribution in [0.5, 0.6) is 5.75 Å². The molecule has 0 aliphatic carbocycles. The van der Waals surface area contributed by atoms with Gasteiger partial charge in [0.1, 0.15) is 11.4 Å². The Hall–Kier alpha value is -4.14. The van der Waals surface area contributed by atoms with Crippen molar-refractivity contribution in [1.82, 2.24) is 14.9 Å². The second-order valence-corrected chi connectivity index (χ2v) is 9.09. The Balaban J connectivity index is 1.33. The Kier molecular flexibility index (Phi) is 8.56. The topological polar surface area (TPSA) is 99.3 Å². The average molecular weight is 518 g/mol. The first-order valence-corrected chi connectivity index (χ1v) is 12.2. The number of nitrogens with one attached hydrogen (secondary N) is 3. The van der Waals surface area contributed by atoms with Crippen molar-refractivity contribution in [2.24, 2.45) is 0 Å². The van der Waals surface area contributed by atoms with Gasteiger partial charge in [-0.1, -0.05) is 23.7 Å². The molecule has 8 nitrogen and oxygen atoms in total. The minimum absolute atomic E-state index is 0.235. The lowest BCUT2D eigenvalue weighted by Gasteiger charge is -2.10. The molecule has 0 bridgehead atoms. The molecule has 3 N–H and O–H groups in total. The summed E-state index contributed by atoms with van der Waals surface area (Å²) in [7, 11) is 4.06. The summed E-state index contributed by atoms with van der Waals surface area (Å²) >= 11 is 6.26. The number of carbonyl (C=O) groups is 2. The van der Waals surface area contributed by atoms with E-state index in [1.807, 2.05) is 50.5 Å². The number of halogens is 1. The Morgan fingerprint density at radius 1 is 1.05 bits per heavy atom. The molecule has 0 saturated carbocycles. The van der Waals surface area contributed by atoms with Gasteiger partial charge in [0.05, 0.1) is 29.1 Å². The second-order valence-electron chi connectivity index (χ2n) is 8.69. The van der Waals surface area contributed by atoms with Gasteiger partial charge in [-0.3, -0.25) is 9.59 Å². The molecule has 4 aromatic rings. The first kappa shape index (κ1) is 25.9. The van der Waals surface area contributed by atoms with Gasteiger partial charge in [-0.25, -0.2) is 4.98 Å². The zero-order chi connectivity index (χ0) is 26.2. The maximum atomic E-state index is 12.8. The van der Waals surface area contributed by atoms with Crippen LogP contribution in [0.25, 0.3) is 17.1 Å². The van der Waals surface area contributed by atoms with Crippen molar-refractivity contribution in [3.8, 4) is 5.75 Å².